The molecule has 1 amide bonds. The van der Waals surface area contributed by atoms with Gasteiger partial charge in [0.05, 0.1) is 0 Å². The zero-order valence-electron chi connectivity index (χ0n) is 8.58. The Morgan fingerprint density at radius 3 is 3.00 bits per heavy atom. The van der Waals surface area contributed by atoms with Crippen LogP contribution in [0.5, 0.6) is 0 Å². The third kappa shape index (κ3) is 3.95. The number of rotatable bonds is 5. The molecule has 0 radical (unpaired) electrons. The summed E-state index contributed by atoms with van der Waals surface area (Å²) in [5, 5.41) is 2.67. The molecule has 1 aromatic rings. The molecule has 0 saturated carbocycles. The summed E-state index contributed by atoms with van der Waals surface area (Å²) >= 11 is 0. The first-order chi connectivity index (χ1) is 7.24. The van der Waals surface area contributed by atoms with Gasteiger partial charge in [-0.2, -0.15) is 0 Å². The van der Waals surface area contributed by atoms with Crippen LogP contribution in [0, 0.1) is 0 Å². The summed E-state index contributed by atoms with van der Waals surface area (Å²) in [6, 6.07) is 4.47. The van der Waals surface area contributed by atoms with Gasteiger partial charge in [0.25, 0.3) is 5.91 Å². The minimum Gasteiger partial charge on any atom is -0.385 e. The lowest BCUT2D eigenvalue weighted by molar-refractivity contribution is 0.0943. The van der Waals surface area contributed by atoms with Crippen molar-refractivity contribution >= 4 is 5.91 Å². The van der Waals surface area contributed by atoms with Gasteiger partial charge in [0, 0.05) is 26.3 Å². The number of amides is 1. The van der Waals surface area contributed by atoms with Crippen LogP contribution in [0.3, 0.4) is 0 Å². The van der Waals surface area contributed by atoms with Gasteiger partial charge in [-0.15, -0.1) is 0 Å². The minimum atomic E-state index is -0.278. The van der Waals surface area contributed by atoms with E-state index in [9.17, 15) is 9.59 Å². The van der Waals surface area contributed by atoms with Crippen LogP contribution in [0.25, 0.3) is 0 Å². The molecule has 0 unspecified atom stereocenters. The number of carbonyl (C=O) groups is 1. The highest BCUT2D eigenvalue weighted by Gasteiger charge is 2.04. The van der Waals surface area contributed by atoms with Crippen molar-refractivity contribution in [2.24, 2.45) is 0 Å². The number of carbonyl (C=O) groups excluding carboxylic acids is 1. The first-order valence-corrected chi connectivity index (χ1v) is 4.70. The number of ether oxygens (including phenoxy) is 1. The number of H-pyrrole nitrogens is 1. The normalized spacial score (nSPS) is 9.93. The lowest BCUT2D eigenvalue weighted by Gasteiger charge is -2.03. The molecule has 1 aromatic heterocycles. The van der Waals surface area contributed by atoms with Gasteiger partial charge in [0.15, 0.2) is 0 Å². The quantitative estimate of drug-likeness (QED) is 0.679. The van der Waals surface area contributed by atoms with Gasteiger partial charge in [-0.3, -0.25) is 9.59 Å². The van der Waals surface area contributed by atoms with Gasteiger partial charge in [-0.05, 0) is 12.5 Å². The summed E-state index contributed by atoms with van der Waals surface area (Å²) in [6.07, 6.45) is 0.749. The molecule has 0 aliphatic rings. The molecular weight excluding hydrogens is 196 g/mol. The highest BCUT2D eigenvalue weighted by molar-refractivity contribution is 5.92. The van der Waals surface area contributed by atoms with Crippen LogP contribution in [-0.4, -0.2) is 31.2 Å². The van der Waals surface area contributed by atoms with E-state index in [0.717, 1.165) is 6.42 Å². The Labute approximate surface area is 87.5 Å². The SMILES string of the molecule is COCCCNC(=O)c1cccc(=O)[nH]1. The van der Waals surface area contributed by atoms with Crippen LogP contribution in [-0.2, 0) is 4.74 Å². The monoisotopic (exact) mass is 210 g/mol. The summed E-state index contributed by atoms with van der Waals surface area (Å²) in [5.41, 5.74) is -0.000502. The zero-order chi connectivity index (χ0) is 11.1. The van der Waals surface area contributed by atoms with Crippen molar-refractivity contribution in [3.05, 3.63) is 34.2 Å². The van der Waals surface area contributed by atoms with E-state index < -0.39 is 0 Å². The molecule has 15 heavy (non-hydrogen) atoms. The van der Waals surface area contributed by atoms with Gasteiger partial charge < -0.3 is 15.0 Å². The summed E-state index contributed by atoms with van der Waals surface area (Å²) in [4.78, 5) is 24.8. The lowest BCUT2D eigenvalue weighted by Crippen LogP contribution is -2.27. The van der Waals surface area contributed by atoms with Crippen molar-refractivity contribution in [1.82, 2.24) is 10.3 Å². The predicted molar refractivity (Wildman–Crippen MR) is 55.9 cm³/mol. The van der Waals surface area contributed by atoms with E-state index in [0.29, 0.717) is 13.2 Å². The molecule has 5 nitrogen and oxygen atoms in total. The Hall–Kier alpha value is -1.62. The maximum atomic E-state index is 11.4. The van der Waals surface area contributed by atoms with E-state index >= 15 is 0 Å². The number of hydrogen-bond acceptors (Lipinski definition) is 3. The van der Waals surface area contributed by atoms with Crippen LogP contribution in [0.15, 0.2) is 23.0 Å². The average Bonchev–Trinajstić information content (AvgIpc) is 2.24. The average molecular weight is 210 g/mol. The molecule has 1 heterocycles. The Morgan fingerprint density at radius 1 is 1.53 bits per heavy atom. The Bertz CT molecular complexity index is 373. The Balaban J connectivity index is 2.44. The first-order valence-electron chi connectivity index (χ1n) is 4.70. The molecule has 0 saturated heterocycles. The molecule has 0 aliphatic heterocycles. The third-order valence-corrected chi connectivity index (χ3v) is 1.82. The van der Waals surface area contributed by atoms with E-state index in [1.807, 2.05) is 0 Å². The van der Waals surface area contributed by atoms with Gasteiger partial charge in [0.2, 0.25) is 5.56 Å². The van der Waals surface area contributed by atoms with Crippen molar-refractivity contribution in [3.8, 4) is 0 Å². The van der Waals surface area contributed by atoms with Crippen LogP contribution in [0.2, 0.25) is 0 Å². The fraction of sp³-hybridized carbons (Fsp3) is 0.400. The van der Waals surface area contributed by atoms with E-state index in [4.69, 9.17) is 4.74 Å². The largest absolute Gasteiger partial charge is 0.385 e. The molecule has 1 rings (SSSR count). The topological polar surface area (TPSA) is 71.2 Å². The van der Waals surface area contributed by atoms with Crippen LogP contribution in [0.1, 0.15) is 16.9 Å². The maximum absolute atomic E-state index is 11.4. The molecule has 5 heteroatoms. The standard InChI is InChI=1S/C10H14N2O3/c1-15-7-3-6-11-10(14)8-4-2-5-9(13)12-8/h2,4-5H,3,6-7H2,1H3,(H,11,14)(H,12,13). The second-order valence-electron chi connectivity index (χ2n) is 3.03. The summed E-state index contributed by atoms with van der Waals surface area (Å²) in [7, 11) is 1.61. The number of aromatic amines is 1. The van der Waals surface area contributed by atoms with Gasteiger partial charge in [-0.1, -0.05) is 6.07 Å². The fourth-order valence-corrected chi connectivity index (χ4v) is 1.09. The van der Waals surface area contributed by atoms with E-state index in [-0.39, 0.29) is 17.2 Å². The van der Waals surface area contributed by atoms with Gasteiger partial charge >= 0.3 is 0 Å². The molecular formula is C10H14N2O3. The highest BCUT2D eigenvalue weighted by atomic mass is 16.5. The molecule has 0 aromatic carbocycles. The number of aromatic nitrogens is 1. The Kier molecular flexibility index (Phi) is 4.56. The second-order valence-corrected chi connectivity index (χ2v) is 3.03. The first kappa shape index (κ1) is 11.5. The van der Waals surface area contributed by atoms with Gasteiger partial charge in [-0.25, -0.2) is 0 Å². The van der Waals surface area contributed by atoms with Crippen molar-refractivity contribution in [2.75, 3.05) is 20.3 Å². The third-order valence-electron chi connectivity index (χ3n) is 1.82. The second kappa shape index (κ2) is 5.98. The summed E-state index contributed by atoms with van der Waals surface area (Å²) < 4.78 is 4.84. The van der Waals surface area contributed by atoms with Crippen LogP contribution in [0.4, 0.5) is 0 Å². The number of methoxy groups -OCH3 is 1. The van der Waals surface area contributed by atoms with E-state index in [2.05, 4.69) is 10.3 Å². The molecule has 0 fully saturated rings. The predicted octanol–water partition coefficient (Wildman–Crippen LogP) is 0.141. The minimum absolute atomic E-state index is 0.274. The van der Waals surface area contributed by atoms with Crippen molar-refractivity contribution in [2.45, 2.75) is 6.42 Å². The molecule has 0 aliphatic carbocycles. The van der Waals surface area contributed by atoms with E-state index in [1.165, 1.54) is 6.07 Å². The Morgan fingerprint density at radius 2 is 2.33 bits per heavy atom. The van der Waals surface area contributed by atoms with E-state index in [1.54, 1.807) is 19.2 Å². The lowest BCUT2D eigenvalue weighted by atomic mass is 10.3. The molecule has 82 valence electrons. The highest BCUT2D eigenvalue weighted by Crippen LogP contribution is 1.89. The zero-order valence-corrected chi connectivity index (χ0v) is 8.58. The van der Waals surface area contributed by atoms with Crippen LogP contribution < -0.4 is 10.9 Å². The number of nitrogens with one attached hydrogen (secondary N) is 2. The summed E-state index contributed by atoms with van der Waals surface area (Å²) in [5.74, 6) is -0.274. The molecule has 2 N–H and O–H groups in total. The summed E-state index contributed by atoms with van der Waals surface area (Å²) in [6.45, 7) is 1.13. The molecule has 0 spiro atoms. The van der Waals surface area contributed by atoms with Crippen molar-refractivity contribution in [3.63, 3.8) is 0 Å². The molecule has 0 atom stereocenters. The maximum Gasteiger partial charge on any atom is 0.267 e. The smallest absolute Gasteiger partial charge is 0.267 e. The van der Waals surface area contributed by atoms with Crippen molar-refractivity contribution < 1.29 is 9.53 Å². The number of hydrogen-bond donors (Lipinski definition) is 2. The number of pyridine rings is 1. The fourth-order valence-electron chi connectivity index (χ4n) is 1.09. The van der Waals surface area contributed by atoms with Crippen LogP contribution >= 0.6 is 0 Å². The van der Waals surface area contributed by atoms with Gasteiger partial charge in [0.1, 0.15) is 5.69 Å². The molecule has 0 bridgehead atoms. The van der Waals surface area contributed by atoms with Crippen molar-refractivity contribution in [1.29, 1.82) is 0 Å².